The van der Waals surface area contributed by atoms with Crippen LogP contribution in [0.25, 0.3) is 0 Å². The summed E-state index contributed by atoms with van der Waals surface area (Å²) >= 11 is 0. The Morgan fingerprint density at radius 3 is 2.77 bits per heavy atom. The quantitative estimate of drug-likeness (QED) is 0.492. The molecule has 3 rings (SSSR count). The molecule has 0 saturated heterocycles. The van der Waals surface area contributed by atoms with Crippen molar-refractivity contribution in [1.29, 1.82) is 0 Å². The second kappa shape index (κ2) is 11.3. The number of pyridine rings is 1. The highest BCUT2D eigenvalue weighted by molar-refractivity contribution is 5.96. The van der Waals surface area contributed by atoms with E-state index < -0.39 is 17.9 Å². The standard InChI is InChI=1S/C23H29N3O4/c27-22(18-7-2-1-3-8-18)26-20(23(28)29)13-16-30-15-5-4-10-19-12-11-17-9-6-14-24-21(17)25-19/h1-3,7-8,11-12,20H,4-6,9-10,13-16H2,(H,24,25)(H,26,27)(H,28,29)/t20-/m1/s1. The lowest BCUT2D eigenvalue weighted by Gasteiger charge is -2.17. The van der Waals surface area contributed by atoms with E-state index in [0.29, 0.717) is 12.2 Å². The van der Waals surface area contributed by atoms with E-state index in [-0.39, 0.29) is 13.0 Å². The first-order valence-corrected chi connectivity index (χ1v) is 10.5. The summed E-state index contributed by atoms with van der Waals surface area (Å²) < 4.78 is 5.58. The summed E-state index contributed by atoms with van der Waals surface area (Å²) in [5.74, 6) is -0.433. The molecule has 0 saturated carbocycles. The Morgan fingerprint density at radius 1 is 1.13 bits per heavy atom. The summed E-state index contributed by atoms with van der Waals surface area (Å²) in [5, 5.41) is 15.2. The topological polar surface area (TPSA) is 101 Å². The first-order chi connectivity index (χ1) is 14.6. The van der Waals surface area contributed by atoms with Crippen molar-refractivity contribution in [3.05, 3.63) is 59.3 Å². The summed E-state index contributed by atoms with van der Waals surface area (Å²) in [7, 11) is 0. The third-order valence-corrected chi connectivity index (χ3v) is 5.11. The van der Waals surface area contributed by atoms with Gasteiger partial charge in [-0.1, -0.05) is 24.3 Å². The lowest BCUT2D eigenvalue weighted by atomic mass is 10.1. The summed E-state index contributed by atoms with van der Waals surface area (Å²) in [6.45, 7) is 1.83. The third-order valence-electron chi connectivity index (χ3n) is 5.11. The number of rotatable bonds is 11. The van der Waals surface area contributed by atoms with Crippen LogP contribution in [0.3, 0.4) is 0 Å². The van der Waals surface area contributed by atoms with Crippen molar-refractivity contribution in [1.82, 2.24) is 10.3 Å². The smallest absolute Gasteiger partial charge is 0.326 e. The van der Waals surface area contributed by atoms with Crippen LogP contribution in [0.15, 0.2) is 42.5 Å². The number of nitrogens with zero attached hydrogens (tertiary/aromatic N) is 1. The van der Waals surface area contributed by atoms with Crippen LogP contribution in [-0.2, 0) is 22.4 Å². The highest BCUT2D eigenvalue weighted by atomic mass is 16.5. The number of unbranched alkanes of at least 4 members (excludes halogenated alkanes) is 1. The van der Waals surface area contributed by atoms with Crippen molar-refractivity contribution in [3.63, 3.8) is 0 Å². The summed E-state index contributed by atoms with van der Waals surface area (Å²) in [6, 6.07) is 11.9. The van der Waals surface area contributed by atoms with Gasteiger partial charge in [-0.05, 0) is 55.9 Å². The summed E-state index contributed by atoms with van der Waals surface area (Å²) in [4.78, 5) is 28.2. The average molecular weight is 412 g/mol. The van der Waals surface area contributed by atoms with Crippen molar-refractivity contribution >= 4 is 17.7 Å². The number of hydrogen-bond acceptors (Lipinski definition) is 5. The zero-order valence-corrected chi connectivity index (χ0v) is 17.1. The van der Waals surface area contributed by atoms with E-state index in [2.05, 4.69) is 27.8 Å². The van der Waals surface area contributed by atoms with Crippen molar-refractivity contribution in [3.8, 4) is 0 Å². The van der Waals surface area contributed by atoms with Gasteiger partial charge in [0.2, 0.25) is 0 Å². The average Bonchev–Trinajstić information content (AvgIpc) is 2.77. The SMILES string of the molecule is O=C(N[C@H](CCOCCCCc1ccc2c(n1)NCCC2)C(=O)O)c1ccccc1. The molecule has 0 bridgehead atoms. The van der Waals surface area contributed by atoms with Crippen molar-refractivity contribution < 1.29 is 19.4 Å². The first-order valence-electron chi connectivity index (χ1n) is 10.5. The first kappa shape index (κ1) is 21.8. The van der Waals surface area contributed by atoms with Gasteiger partial charge >= 0.3 is 5.97 Å². The highest BCUT2D eigenvalue weighted by Crippen LogP contribution is 2.20. The van der Waals surface area contributed by atoms with Gasteiger partial charge in [-0.15, -0.1) is 0 Å². The van der Waals surface area contributed by atoms with E-state index in [1.54, 1.807) is 30.3 Å². The number of aromatic nitrogens is 1. The second-order valence-corrected chi connectivity index (χ2v) is 7.43. The van der Waals surface area contributed by atoms with Gasteiger partial charge in [0, 0.05) is 37.4 Å². The second-order valence-electron chi connectivity index (χ2n) is 7.43. The van der Waals surface area contributed by atoms with E-state index in [0.717, 1.165) is 50.2 Å². The molecule has 2 aromatic rings. The molecule has 0 aliphatic carbocycles. The molecule has 1 aliphatic heterocycles. The molecule has 1 aromatic heterocycles. The molecule has 1 aliphatic rings. The number of carbonyl (C=O) groups is 2. The van der Waals surface area contributed by atoms with Crippen LogP contribution >= 0.6 is 0 Å². The molecule has 3 N–H and O–H groups in total. The molecule has 0 unspecified atom stereocenters. The number of carbonyl (C=O) groups excluding carboxylic acids is 1. The fourth-order valence-electron chi connectivity index (χ4n) is 3.41. The molecular formula is C23H29N3O4. The number of amides is 1. The molecule has 1 aromatic carbocycles. The number of nitrogens with one attached hydrogen (secondary N) is 2. The Bertz CT molecular complexity index is 842. The highest BCUT2D eigenvalue weighted by Gasteiger charge is 2.20. The van der Waals surface area contributed by atoms with Gasteiger partial charge in [0.05, 0.1) is 0 Å². The zero-order chi connectivity index (χ0) is 21.2. The number of hydrogen-bond donors (Lipinski definition) is 3. The number of carboxylic acid groups (broad SMARTS) is 1. The molecule has 30 heavy (non-hydrogen) atoms. The molecule has 7 heteroatoms. The minimum atomic E-state index is -1.06. The van der Waals surface area contributed by atoms with Crippen LogP contribution in [-0.4, -0.2) is 47.8 Å². The molecule has 7 nitrogen and oxygen atoms in total. The number of benzene rings is 1. The largest absolute Gasteiger partial charge is 0.480 e. The fraction of sp³-hybridized carbons (Fsp3) is 0.435. The Balaban J connectivity index is 1.31. The Kier molecular flexibility index (Phi) is 8.20. The molecule has 0 fully saturated rings. The number of ether oxygens (including phenoxy) is 1. The maximum atomic E-state index is 12.1. The minimum Gasteiger partial charge on any atom is -0.480 e. The molecule has 1 atom stereocenters. The van der Waals surface area contributed by atoms with E-state index in [9.17, 15) is 14.7 Å². The van der Waals surface area contributed by atoms with Gasteiger partial charge in [0.1, 0.15) is 11.9 Å². The van der Waals surface area contributed by atoms with E-state index in [4.69, 9.17) is 4.74 Å². The number of carboxylic acids is 1. The van der Waals surface area contributed by atoms with Crippen molar-refractivity contribution in [2.24, 2.45) is 0 Å². The number of aryl methyl sites for hydroxylation is 2. The van der Waals surface area contributed by atoms with Gasteiger partial charge in [-0.25, -0.2) is 9.78 Å². The summed E-state index contributed by atoms with van der Waals surface area (Å²) in [6.07, 6.45) is 5.20. The summed E-state index contributed by atoms with van der Waals surface area (Å²) in [5.41, 5.74) is 2.81. The Morgan fingerprint density at radius 2 is 1.97 bits per heavy atom. The van der Waals surface area contributed by atoms with Gasteiger partial charge in [0.25, 0.3) is 5.91 Å². The normalized spacial score (nSPS) is 13.7. The molecule has 160 valence electrons. The van der Waals surface area contributed by atoms with Crippen LogP contribution in [0.4, 0.5) is 5.82 Å². The maximum absolute atomic E-state index is 12.1. The van der Waals surface area contributed by atoms with E-state index in [1.807, 2.05) is 0 Å². The van der Waals surface area contributed by atoms with Crippen LogP contribution in [0.1, 0.15) is 47.3 Å². The van der Waals surface area contributed by atoms with Crippen LogP contribution in [0.5, 0.6) is 0 Å². The number of anilines is 1. The minimum absolute atomic E-state index is 0.228. The van der Waals surface area contributed by atoms with Crippen molar-refractivity contribution in [2.75, 3.05) is 25.1 Å². The van der Waals surface area contributed by atoms with Gasteiger partial charge in [-0.2, -0.15) is 0 Å². The van der Waals surface area contributed by atoms with Crippen LogP contribution in [0, 0.1) is 0 Å². The Hall–Kier alpha value is -2.93. The zero-order valence-electron chi connectivity index (χ0n) is 17.1. The predicted octanol–water partition coefficient (Wildman–Crippen LogP) is 3.05. The van der Waals surface area contributed by atoms with Crippen LogP contribution in [0.2, 0.25) is 0 Å². The van der Waals surface area contributed by atoms with Gasteiger partial charge < -0.3 is 20.5 Å². The maximum Gasteiger partial charge on any atom is 0.326 e. The Labute approximate surface area is 176 Å². The number of aliphatic carboxylic acids is 1. The molecular weight excluding hydrogens is 382 g/mol. The lowest BCUT2D eigenvalue weighted by Crippen LogP contribution is -2.41. The van der Waals surface area contributed by atoms with E-state index in [1.165, 1.54) is 5.56 Å². The molecule has 1 amide bonds. The number of fused-ring (bicyclic) bond motifs is 1. The van der Waals surface area contributed by atoms with E-state index >= 15 is 0 Å². The predicted molar refractivity (Wildman–Crippen MR) is 115 cm³/mol. The van der Waals surface area contributed by atoms with Gasteiger partial charge in [0.15, 0.2) is 0 Å². The van der Waals surface area contributed by atoms with Gasteiger partial charge in [-0.3, -0.25) is 4.79 Å². The van der Waals surface area contributed by atoms with Crippen LogP contribution < -0.4 is 10.6 Å². The third kappa shape index (κ3) is 6.56. The lowest BCUT2D eigenvalue weighted by molar-refractivity contribution is -0.139. The monoisotopic (exact) mass is 411 g/mol. The fourth-order valence-corrected chi connectivity index (χ4v) is 3.41. The molecule has 0 radical (unpaired) electrons. The molecule has 0 spiro atoms. The molecule has 2 heterocycles. The van der Waals surface area contributed by atoms with Crippen molar-refractivity contribution in [2.45, 2.75) is 44.6 Å².